The normalized spacial score (nSPS) is 14.2. The van der Waals surface area contributed by atoms with Gasteiger partial charge in [-0.3, -0.25) is 4.79 Å². The largest absolute Gasteiger partial charge is 0.486 e. The number of rotatable bonds is 9. The first-order valence-electron chi connectivity index (χ1n) is 9.64. The van der Waals surface area contributed by atoms with Crippen molar-refractivity contribution in [2.45, 2.75) is 30.8 Å². The van der Waals surface area contributed by atoms with Gasteiger partial charge in [0.25, 0.3) is 0 Å². The molecule has 1 heterocycles. The number of nitrogens with one attached hydrogen (secondary N) is 2. The van der Waals surface area contributed by atoms with Crippen LogP contribution in [0.2, 0.25) is 0 Å². The molecule has 1 atom stereocenters. The molecular weight excluding hydrogens is 424 g/mol. The molecule has 0 spiro atoms. The maximum absolute atomic E-state index is 12.8. The van der Waals surface area contributed by atoms with E-state index in [0.29, 0.717) is 36.9 Å². The van der Waals surface area contributed by atoms with Gasteiger partial charge in [0.15, 0.2) is 11.5 Å². The first-order valence-corrected chi connectivity index (χ1v) is 12.5. The number of aryl methyl sites for hydroxylation is 1. The molecule has 2 aromatic rings. The van der Waals surface area contributed by atoms with Crippen molar-refractivity contribution in [2.75, 3.05) is 25.2 Å². The predicted octanol–water partition coefficient (Wildman–Crippen LogP) is 2.48. The second-order valence-corrected chi connectivity index (χ2v) is 9.63. The summed E-state index contributed by atoms with van der Waals surface area (Å²) in [5, 5.41) is 2.83. The van der Waals surface area contributed by atoms with E-state index in [4.69, 9.17) is 9.47 Å². The van der Waals surface area contributed by atoms with E-state index in [0.717, 1.165) is 11.1 Å². The van der Waals surface area contributed by atoms with E-state index >= 15 is 0 Å². The highest BCUT2D eigenvalue weighted by Crippen LogP contribution is 2.33. The van der Waals surface area contributed by atoms with Crippen LogP contribution < -0.4 is 19.5 Å². The molecule has 0 aliphatic carbocycles. The Labute approximate surface area is 181 Å². The lowest BCUT2D eigenvalue weighted by atomic mass is 10.1. The fraction of sp³-hybridized carbons (Fsp3) is 0.381. The lowest BCUT2D eigenvalue weighted by molar-refractivity contribution is -0.122. The Morgan fingerprint density at radius 2 is 1.87 bits per heavy atom. The van der Waals surface area contributed by atoms with Crippen molar-refractivity contribution in [3.05, 3.63) is 53.6 Å². The third-order valence-corrected chi connectivity index (χ3v) is 6.79. The number of ether oxygens (including phenoxy) is 2. The van der Waals surface area contributed by atoms with Gasteiger partial charge < -0.3 is 14.8 Å². The molecule has 1 amide bonds. The number of carbonyl (C=O) groups is 1. The van der Waals surface area contributed by atoms with E-state index in [1.54, 1.807) is 23.9 Å². The zero-order valence-electron chi connectivity index (χ0n) is 17.0. The second-order valence-electron chi connectivity index (χ2n) is 6.93. The van der Waals surface area contributed by atoms with Gasteiger partial charge in [-0.25, -0.2) is 8.42 Å². The van der Waals surface area contributed by atoms with Crippen LogP contribution in [0.25, 0.3) is 0 Å². The first-order chi connectivity index (χ1) is 14.4. The van der Waals surface area contributed by atoms with Crippen molar-refractivity contribution < 1.29 is 22.7 Å². The van der Waals surface area contributed by atoms with Gasteiger partial charge in [0.2, 0.25) is 15.9 Å². The molecule has 0 aromatic heterocycles. The molecule has 2 aromatic carbocycles. The zero-order valence-corrected chi connectivity index (χ0v) is 18.6. The summed E-state index contributed by atoms with van der Waals surface area (Å²) in [6, 6.07) is 11.2. The maximum atomic E-state index is 12.8. The van der Waals surface area contributed by atoms with Gasteiger partial charge in [-0.1, -0.05) is 29.8 Å². The van der Waals surface area contributed by atoms with Crippen LogP contribution >= 0.6 is 11.8 Å². The minimum Gasteiger partial charge on any atom is -0.486 e. The third-order valence-electron chi connectivity index (χ3n) is 4.66. The quantitative estimate of drug-likeness (QED) is 0.610. The topological polar surface area (TPSA) is 93.7 Å². The number of thioether (sulfide) groups is 1. The summed E-state index contributed by atoms with van der Waals surface area (Å²) in [5.74, 6) is 1.53. The average molecular weight is 451 g/mol. The molecule has 0 radical (unpaired) electrons. The van der Waals surface area contributed by atoms with Gasteiger partial charge in [0, 0.05) is 12.1 Å². The Morgan fingerprint density at radius 1 is 1.13 bits per heavy atom. The van der Waals surface area contributed by atoms with Crippen LogP contribution in [0.3, 0.4) is 0 Å². The number of benzene rings is 2. The summed E-state index contributed by atoms with van der Waals surface area (Å²) in [6.07, 6.45) is 2.29. The standard InChI is InChI=1S/C21H26N2O5S2/c1-15-6-8-17(9-7-15)30(25,26)23-18(10-13-29-2)21(24)22-14-16-4-3-5-19-20(16)28-12-11-27-19/h3-9,18,23H,10-14H2,1-2H3,(H,22,24). The lowest BCUT2D eigenvalue weighted by Crippen LogP contribution is -2.46. The van der Waals surface area contributed by atoms with Crippen molar-refractivity contribution in [3.63, 3.8) is 0 Å². The summed E-state index contributed by atoms with van der Waals surface area (Å²) in [4.78, 5) is 13.0. The molecule has 0 bridgehead atoms. The second kappa shape index (κ2) is 10.2. The van der Waals surface area contributed by atoms with Crippen molar-refractivity contribution in [2.24, 2.45) is 0 Å². The van der Waals surface area contributed by atoms with Gasteiger partial charge >= 0.3 is 0 Å². The van der Waals surface area contributed by atoms with Gasteiger partial charge in [-0.15, -0.1) is 0 Å². The Kier molecular flexibility index (Phi) is 7.63. The minimum atomic E-state index is -3.81. The van der Waals surface area contributed by atoms with E-state index in [9.17, 15) is 13.2 Å². The number of para-hydroxylation sites is 1. The molecule has 3 rings (SSSR count). The monoisotopic (exact) mass is 450 g/mol. The lowest BCUT2D eigenvalue weighted by Gasteiger charge is -2.22. The van der Waals surface area contributed by atoms with Crippen LogP contribution in [-0.4, -0.2) is 45.6 Å². The first kappa shape index (κ1) is 22.5. The molecule has 162 valence electrons. The Morgan fingerprint density at radius 3 is 2.60 bits per heavy atom. The van der Waals surface area contributed by atoms with Crippen molar-refractivity contribution >= 4 is 27.7 Å². The van der Waals surface area contributed by atoms with Crippen molar-refractivity contribution in [1.82, 2.24) is 10.0 Å². The molecule has 7 nitrogen and oxygen atoms in total. The SMILES string of the molecule is CSCCC(NS(=O)(=O)c1ccc(C)cc1)C(=O)NCc1cccc2c1OCCO2. The van der Waals surface area contributed by atoms with Crippen LogP contribution in [-0.2, 0) is 21.4 Å². The number of hydrogen-bond acceptors (Lipinski definition) is 6. The highest BCUT2D eigenvalue weighted by molar-refractivity contribution is 7.98. The molecular formula is C21H26N2O5S2. The maximum Gasteiger partial charge on any atom is 0.241 e. The number of carbonyl (C=O) groups excluding carboxylic acids is 1. The smallest absolute Gasteiger partial charge is 0.241 e. The van der Waals surface area contributed by atoms with Gasteiger partial charge in [0.1, 0.15) is 19.3 Å². The summed E-state index contributed by atoms with van der Waals surface area (Å²) in [7, 11) is -3.81. The molecule has 1 aliphatic heterocycles. The third kappa shape index (κ3) is 5.68. The molecule has 0 saturated carbocycles. The molecule has 2 N–H and O–H groups in total. The summed E-state index contributed by atoms with van der Waals surface area (Å²) in [6.45, 7) is 3.04. The van der Waals surface area contributed by atoms with Gasteiger partial charge in [0.05, 0.1) is 4.90 Å². The van der Waals surface area contributed by atoms with E-state index < -0.39 is 16.1 Å². The van der Waals surface area contributed by atoms with E-state index in [-0.39, 0.29) is 17.3 Å². The Bertz CT molecular complexity index is 977. The Hall–Kier alpha value is -2.23. The number of fused-ring (bicyclic) bond motifs is 1. The number of hydrogen-bond donors (Lipinski definition) is 2. The molecule has 1 unspecified atom stereocenters. The summed E-state index contributed by atoms with van der Waals surface area (Å²) < 4.78 is 39.3. The average Bonchev–Trinajstić information content (AvgIpc) is 2.75. The van der Waals surface area contributed by atoms with Crippen LogP contribution in [0.5, 0.6) is 11.5 Å². The molecule has 30 heavy (non-hydrogen) atoms. The molecule has 1 aliphatic rings. The van der Waals surface area contributed by atoms with E-state index in [1.807, 2.05) is 31.4 Å². The van der Waals surface area contributed by atoms with Crippen molar-refractivity contribution in [3.8, 4) is 11.5 Å². The predicted molar refractivity (Wildman–Crippen MR) is 118 cm³/mol. The Balaban J connectivity index is 1.70. The zero-order chi connectivity index (χ0) is 21.6. The van der Waals surface area contributed by atoms with Gasteiger partial charge in [-0.05, 0) is 43.6 Å². The minimum absolute atomic E-state index is 0.137. The number of amides is 1. The highest BCUT2D eigenvalue weighted by Gasteiger charge is 2.26. The summed E-state index contributed by atoms with van der Waals surface area (Å²) in [5.41, 5.74) is 1.74. The van der Waals surface area contributed by atoms with Crippen molar-refractivity contribution in [1.29, 1.82) is 0 Å². The van der Waals surface area contributed by atoms with E-state index in [2.05, 4.69) is 10.0 Å². The molecule has 0 saturated heterocycles. The van der Waals surface area contributed by atoms with Crippen LogP contribution in [0.1, 0.15) is 17.5 Å². The van der Waals surface area contributed by atoms with Gasteiger partial charge in [-0.2, -0.15) is 16.5 Å². The van der Waals surface area contributed by atoms with Crippen LogP contribution in [0.15, 0.2) is 47.4 Å². The fourth-order valence-electron chi connectivity index (χ4n) is 3.03. The highest BCUT2D eigenvalue weighted by atomic mass is 32.2. The van der Waals surface area contributed by atoms with Crippen LogP contribution in [0.4, 0.5) is 0 Å². The molecule has 0 fully saturated rings. The molecule has 9 heteroatoms. The number of sulfonamides is 1. The van der Waals surface area contributed by atoms with E-state index in [1.165, 1.54) is 12.1 Å². The fourth-order valence-corrected chi connectivity index (χ4v) is 4.73. The summed E-state index contributed by atoms with van der Waals surface area (Å²) >= 11 is 1.55. The van der Waals surface area contributed by atoms with Crippen LogP contribution in [0, 0.1) is 6.92 Å².